The molecule has 1 unspecified atom stereocenters. The van der Waals surface area contributed by atoms with Crippen molar-refractivity contribution in [1.29, 1.82) is 0 Å². The standard InChI is InChI=1S/C16H22N2O/c1-12(2)16(18-10-6-7-11-18)13-8-4-5-9-14(13)17(3)15(16)19/h4-5,8-9,12H,6-7,10-11H2,1-3H3. The van der Waals surface area contributed by atoms with Crippen LogP contribution in [0.5, 0.6) is 0 Å². The molecule has 0 spiro atoms. The van der Waals surface area contributed by atoms with Gasteiger partial charge in [0.05, 0.1) is 0 Å². The maximum atomic E-state index is 13.0. The molecule has 0 aliphatic carbocycles. The van der Waals surface area contributed by atoms with E-state index in [2.05, 4.69) is 36.9 Å². The highest BCUT2D eigenvalue weighted by atomic mass is 16.2. The molecular formula is C16H22N2O. The van der Waals surface area contributed by atoms with E-state index >= 15 is 0 Å². The fourth-order valence-corrected chi connectivity index (χ4v) is 3.87. The number of para-hydroxylation sites is 1. The summed E-state index contributed by atoms with van der Waals surface area (Å²) in [5.74, 6) is 0.523. The van der Waals surface area contributed by atoms with E-state index in [0.29, 0.717) is 0 Å². The van der Waals surface area contributed by atoms with Gasteiger partial charge in [-0.1, -0.05) is 32.0 Å². The second-order valence-corrected chi connectivity index (χ2v) is 6.00. The van der Waals surface area contributed by atoms with Crippen molar-refractivity contribution >= 4 is 11.6 Å². The molecular weight excluding hydrogens is 236 g/mol. The van der Waals surface area contributed by atoms with E-state index < -0.39 is 5.54 Å². The van der Waals surface area contributed by atoms with Gasteiger partial charge in [0.1, 0.15) is 5.54 Å². The predicted octanol–water partition coefficient (Wildman–Crippen LogP) is 2.61. The highest BCUT2D eigenvalue weighted by Gasteiger charge is 2.55. The molecule has 0 bridgehead atoms. The summed E-state index contributed by atoms with van der Waals surface area (Å²) in [4.78, 5) is 17.2. The Morgan fingerprint density at radius 2 is 1.79 bits per heavy atom. The summed E-state index contributed by atoms with van der Waals surface area (Å²) < 4.78 is 0. The van der Waals surface area contributed by atoms with Gasteiger partial charge in [0.25, 0.3) is 5.91 Å². The normalized spacial score (nSPS) is 27.4. The number of likely N-dealkylation sites (tertiary alicyclic amines) is 1. The molecule has 1 aromatic rings. The van der Waals surface area contributed by atoms with Crippen LogP contribution in [0.2, 0.25) is 0 Å². The Balaban J connectivity index is 2.21. The number of anilines is 1. The van der Waals surface area contributed by atoms with Gasteiger partial charge in [-0.3, -0.25) is 9.69 Å². The molecule has 19 heavy (non-hydrogen) atoms. The zero-order chi connectivity index (χ0) is 13.6. The van der Waals surface area contributed by atoms with Crippen molar-refractivity contribution in [3.05, 3.63) is 29.8 Å². The molecule has 1 amide bonds. The second-order valence-electron chi connectivity index (χ2n) is 6.00. The summed E-state index contributed by atoms with van der Waals surface area (Å²) in [5, 5.41) is 0. The molecule has 3 nitrogen and oxygen atoms in total. The van der Waals surface area contributed by atoms with Crippen LogP contribution in [0.15, 0.2) is 24.3 Å². The van der Waals surface area contributed by atoms with Gasteiger partial charge in [-0.25, -0.2) is 0 Å². The molecule has 3 heteroatoms. The van der Waals surface area contributed by atoms with Crippen molar-refractivity contribution in [2.75, 3.05) is 25.0 Å². The summed E-state index contributed by atoms with van der Waals surface area (Å²) in [6.45, 7) is 6.41. The number of rotatable bonds is 2. The van der Waals surface area contributed by atoms with Crippen molar-refractivity contribution in [3.63, 3.8) is 0 Å². The van der Waals surface area contributed by atoms with Crippen LogP contribution in [-0.4, -0.2) is 30.9 Å². The molecule has 102 valence electrons. The number of likely N-dealkylation sites (N-methyl/N-ethyl adjacent to an activating group) is 1. The highest BCUT2D eigenvalue weighted by molar-refractivity contribution is 6.07. The summed E-state index contributed by atoms with van der Waals surface area (Å²) in [6, 6.07) is 8.27. The molecule has 0 radical (unpaired) electrons. The van der Waals surface area contributed by atoms with E-state index in [1.807, 2.05) is 18.0 Å². The zero-order valence-corrected chi connectivity index (χ0v) is 12.0. The van der Waals surface area contributed by atoms with Crippen molar-refractivity contribution < 1.29 is 4.79 Å². The fraction of sp³-hybridized carbons (Fsp3) is 0.562. The van der Waals surface area contributed by atoms with E-state index in [1.165, 1.54) is 18.4 Å². The Hall–Kier alpha value is -1.35. The molecule has 2 heterocycles. The number of hydrogen-bond acceptors (Lipinski definition) is 2. The third-order valence-corrected chi connectivity index (χ3v) is 4.75. The first-order valence-corrected chi connectivity index (χ1v) is 7.23. The van der Waals surface area contributed by atoms with Crippen LogP contribution >= 0.6 is 0 Å². The minimum absolute atomic E-state index is 0.241. The number of hydrogen-bond donors (Lipinski definition) is 0. The van der Waals surface area contributed by atoms with E-state index in [9.17, 15) is 4.79 Å². The van der Waals surface area contributed by atoms with Crippen LogP contribution in [0.3, 0.4) is 0 Å². The van der Waals surface area contributed by atoms with Gasteiger partial charge in [0, 0.05) is 18.3 Å². The predicted molar refractivity (Wildman–Crippen MR) is 77.2 cm³/mol. The largest absolute Gasteiger partial charge is 0.313 e. The summed E-state index contributed by atoms with van der Waals surface area (Å²) in [5.41, 5.74) is 1.83. The number of amides is 1. The molecule has 0 aromatic heterocycles. The lowest BCUT2D eigenvalue weighted by atomic mass is 9.79. The van der Waals surface area contributed by atoms with Gasteiger partial charge in [-0.05, 0) is 37.9 Å². The van der Waals surface area contributed by atoms with Crippen LogP contribution < -0.4 is 4.90 Å². The molecule has 1 saturated heterocycles. The average molecular weight is 258 g/mol. The minimum Gasteiger partial charge on any atom is -0.313 e. The monoisotopic (exact) mass is 258 g/mol. The van der Waals surface area contributed by atoms with E-state index in [0.717, 1.165) is 18.8 Å². The Bertz CT molecular complexity index is 505. The van der Waals surface area contributed by atoms with Crippen LogP contribution in [0, 0.1) is 5.92 Å². The average Bonchev–Trinajstić information content (AvgIpc) is 2.99. The lowest BCUT2D eigenvalue weighted by molar-refractivity contribution is -0.132. The minimum atomic E-state index is -0.443. The lowest BCUT2D eigenvalue weighted by Gasteiger charge is -2.40. The number of fused-ring (bicyclic) bond motifs is 1. The van der Waals surface area contributed by atoms with Crippen molar-refractivity contribution in [2.24, 2.45) is 5.92 Å². The molecule has 1 aromatic carbocycles. The van der Waals surface area contributed by atoms with Crippen LogP contribution in [0.1, 0.15) is 32.3 Å². The van der Waals surface area contributed by atoms with Crippen molar-refractivity contribution in [2.45, 2.75) is 32.2 Å². The summed E-state index contributed by atoms with van der Waals surface area (Å²) >= 11 is 0. The Labute approximate surface area is 115 Å². The molecule has 3 rings (SSSR count). The van der Waals surface area contributed by atoms with Gasteiger partial charge in [-0.15, -0.1) is 0 Å². The van der Waals surface area contributed by atoms with Gasteiger partial charge in [0.15, 0.2) is 0 Å². The smallest absolute Gasteiger partial charge is 0.252 e. The molecule has 0 N–H and O–H groups in total. The van der Waals surface area contributed by atoms with Crippen molar-refractivity contribution in [3.8, 4) is 0 Å². The Morgan fingerprint density at radius 1 is 1.16 bits per heavy atom. The maximum absolute atomic E-state index is 13.0. The molecule has 1 atom stereocenters. The number of carbonyl (C=O) groups is 1. The van der Waals surface area contributed by atoms with E-state index in [1.54, 1.807) is 0 Å². The van der Waals surface area contributed by atoms with Gasteiger partial charge in [-0.2, -0.15) is 0 Å². The van der Waals surface area contributed by atoms with Crippen LogP contribution in [0.25, 0.3) is 0 Å². The van der Waals surface area contributed by atoms with E-state index in [-0.39, 0.29) is 11.8 Å². The maximum Gasteiger partial charge on any atom is 0.252 e. The van der Waals surface area contributed by atoms with Gasteiger partial charge < -0.3 is 4.90 Å². The van der Waals surface area contributed by atoms with Crippen molar-refractivity contribution in [1.82, 2.24) is 4.90 Å². The molecule has 2 aliphatic rings. The third-order valence-electron chi connectivity index (χ3n) is 4.75. The highest BCUT2D eigenvalue weighted by Crippen LogP contribution is 2.48. The quantitative estimate of drug-likeness (QED) is 0.814. The fourth-order valence-electron chi connectivity index (χ4n) is 3.87. The molecule has 1 fully saturated rings. The van der Waals surface area contributed by atoms with E-state index in [4.69, 9.17) is 0 Å². The summed E-state index contributed by atoms with van der Waals surface area (Å²) in [7, 11) is 1.90. The summed E-state index contributed by atoms with van der Waals surface area (Å²) in [6.07, 6.45) is 2.40. The molecule has 2 aliphatic heterocycles. The first-order chi connectivity index (χ1) is 9.10. The van der Waals surface area contributed by atoms with Crippen LogP contribution in [-0.2, 0) is 10.3 Å². The second kappa shape index (κ2) is 4.34. The topological polar surface area (TPSA) is 23.6 Å². The lowest BCUT2D eigenvalue weighted by Crippen LogP contribution is -2.54. The van der Waals surface area contributed by atoms with Gasteiger partial charge in [0.2, 0.25) is 0 Å². The van der Waals surface area contributed by atoms with Gasteiger partial charge >= 0.3 is 0 Å². The van der Waals surface area contributed by atoms with Crippen LogP contribution in [0.4, 0.5) is 5.69 Å². The first-order valence-electron chi connectivity index (χ1n) is 7.23. The Morgan fingerprint density at radius 3 is 2.42 bits per heavy atom. The number of nitrogens with zero attached hydrogens (tertiary/aromatic N) is 2. The third kappa shape index (κ3) is 1.51. The Kier molecular flexibility index (Phi) is 2.90. The zero-order valence-electron chi connectivity index (χ0n) is 12.0. The number of carbonyl (C=O) groups excluding carboxylic acids is 1. The number of benzene rings is 1. The molecule has 0 saturated carbocycles. The SMILES string of the molecule is CC(C)C1(N2CCCC2)C(=O)N(C)c2ccccc21. The first kappa shape index (κ1) is 12.7.